The van der Waals surface area contributed by atoms with Gasteiger partial charge in [-0.3, -0.25) is 4.79 Å². The fraction of sp³-hybridized carbons (Fsp3) is 0.700. The molecule has 0 aromatic carbocycles. The lowest BCUT2D eigenvalue weighted by molar-refractivity contribution is -0.122. The van der Waals surface area contributed by atoms with Gasteiger partial charge < -0.3 is 15.8 Å². The van der Waals surface area contributed by atoms with E-state index in [0.29, 0.717) is 6.54 Å². The first kappa shape index (κ1) is 11.0. The second-order valence-electron chi connectivity index (χ2n) is 3.39. The van der Waals surface area contributed by atoms with Crippen molar-refractivity contribution in [1.29, 1.82) is 0 Å². The fourth-order valence-corrected chi connectivity index (χ4v) is 1.37. The maximum Gasteiger partial charge on any atom is 0.237 e. The largest absolute Gasteiger partial charge is 0.376 e. The van der Waals surface area contributed by atoms with Crippen molar-refractivity contribution in [2.45, 2.75) is 31.4 Å². The standard InChI is InChI=1S/C10H16N2O2/c1-2-4-9(11)10(13)12-7-8-5-3-6-14-8/h1,8-9H,3-7,11H2,(H,12,13). The molecule has 1 heterocycles. The molecule has 1 saturated heterocycles. The van der Waals surface area contributed by atoms with Crippen LogP contribution in [0.5, 0.6) is 0 Å². The molecule has 1 amide bonds. The molecule has 0 aromatic heterocycles. The monoisotopic (exact) mass is 196 g/mol. The van der Waals surface area contributed by atoms with Gasteiger partial charge in [-0.2, -0.15) is 0 Å². The van der Waals surface area contributed by atoms with Crippen LogP contribution in [-0.2, 0) is 9.53 Å². The first-order valence-corrected chi connectivity index (χ1v) is 4.82. The van der Waals surface area contributed by atoms with Gasteiger partial charge in [0.05, 0.1) is 12.1 Å². The molecule has 0 saturated carbocycles. The second kappa shape index (κ2) is 5.63. The Hall–Kier alpha value is -1.05. The van der Waals surface area contributed by atoms with Crippen molar-refractivity contribution in [2.75, 3.05) is 13.2 Å². The maximum absolute atomic E-state index is 11.3. The van der Waals surface area contributed by atoms with E-state index in [1.165, 1.54) is 0 Å². The summed E-state index contributed by atoms with van der Waals surface area (Å²) in [6.45, 7) is 1.33. The first-order valence-electron chi connectivity index (χ1n) is 4.82. The van der Waals surface area contributed by atoms with Gasteiger partial charge in [0.25, 0.3) is 0 Å². The summed E-state index contributed by atoms with van der Waals surface area (Å²) in [6.07, 6.45) is 7.55. The van der Waals surface area contributed by atoms with E-state index in [-0.39, 0.29) is 18.4 Å². The summed E-state index contributed by atoms with van der Waals surface area (Å²) in [6, 6.07) is -0.596. The highest BCUT2D eigenvalue weighted by Gasteiger charge is 2.18. The normalized spacial score (nSPS) is 22.7. The molecule has 0 spiro atoms. The van der Waals surface area contributed by atoms with Crippen LogP contribution in [0.3, 0.4) is 0 Å². The van der Waals surface area contributed by atoms with E-state index in [1.807, 2.05) is 0 Å². The predicted octanol–water partition coefficient (Wildman–Crippen LogP) is -0.368. The number of carbonyl (C=O) groups excluding carboxylic acids is 1. The smallest absolute Gasteiger partial charge is 0.237 e. The SMILES string of the molecule is C#CCC(N)C(=O)NCC1CCCO1. The van der Waals surface area contributed by atoms with E-state index in [9.17, 15) is 4.79 Å². The van der Waals surface area contributed by atoms with Gasteiger partial charge >= 0.3 is 0 Å². The van der Waals surface area contributed by atoms with Crippen molar-refractivity contribution >= 4 is 5.91 Å². The van der Waals surface area contributed by atoms with Gasteiger partial charge in [0, 0.05) is 19.6 Å². The molecule has 0 radical (unpaired) electrons. The lowest BCUT2D eigenvalue weighted by Gasteiger charge is -2.13. The summed E-state index contributed by atoms with van der Waals surface area (Å²) in [5, 5.41) is 2.72. The molecular formula is C10H16N2O2. The van der Waals surface area contributed by atoms with Crippen molar-refractivity contribution in [3.05, 3.63) is 0 Å². The summed E-state index contributed by atoms with van der Waals surface area (Å²) in [4.78, 5) is 11.3. The summed E-state index contributed by atoms with van der Waals surface area (Å²) in [5.41, 5.74) is 5.52. The number of carbonyl (C=O) groups is 1. The Balaban J connectivity index is 2.17. The van der Waals surface area contributed by atoms with Crippen LogP contribution in [0.2, 0.25) is 0 Å². The van der Waals surface area contributed by atoms with Gasteiger partial charge in [-0.05, 0) is 12.8 Å². The Morgan fingerprint density at radius 3 is 3.14 bits per heavy atom. The Morgan fingerprint density at radius 2 is 2.57 bits per heavy atom. The number of amides is 1. The van der Waals surface area contributed by atoms with E-state index in [0.717, 1.165) is 19.4 Å². The maximum atomic E-state index is 11.3. The molecule has 14 heavy (non-hydrogen) atoms. The topological polar surface area (TPSA) is 64.4 Å². The number of nitrogens with one attached hydrogen (secondary N) is 1. The van der Waals surface area contributed by atoms with Gasteiger partial charge in [-0.15, -0.1) is 12.3 Å². The lowest BCUT2D eigenvalue weighted by Crippen LogP contribution is -2.43. The molecule has 1 aliphatic rings. The highest BCUT2D eigenvalue weighted by Crippen LogP contribution is 2.10. The quantitative estimate of drug-likeness (QED) is 0.603. The molecule has 2 unspecified atom stereocenters. The van der Waals surface area contributed by atoms with Crippen molar-refractivity contribution < 1.29 is 9.53 Å². The van der Waals surface area contributed by atoms with E-state index in [1.54, 1.807) is 0 Å². The minimum absolute atomic E-state index is 0.150. The molecule has 1 fully saturated rings. The van der Waals surface area contributed by atoms with E-state index in [4.69, 9.17) is 16.9 Å². The van der Waals surface area contributed by atoms with Crippen LogP contribution in [-0.4, -0.2) is 31.2 Å². The Bertz CT molecular complexity index is 229. The van der Waals surface area contributed by atoms with Crippen molar-refractivity contribution in [1.82, 2.24) is 5.32 Å². The zero-order valence-electron chi connectivity index (χ0n) is 8.16. The van der Waals surface area contributed by atoms with Gasteiger partial charge in [-0.1, -0.05) is 0 Å². The third-order valence-electron chi connectivity index (χ3n) is 2.20. The average molecular weight is 196 g/mol. The molecule has 4 heteroatoms. The summed E-state index contributed by atoms with van der Waals surface area (Å²) >= 11 is 0. The van der Waals surface area contributed by atoms with E-state index < -0.39 is 6.04 Å². The molecule has 2 atom stereocenters. The lowest BCUT2D eigenvalue weighted by atomic mass is 10.2. The number of nitrogens with two attached hydrogens (primary N) is 1. The Labute approximate surface area is 84.2 Å². The second-order valence-corrected chi connectivity index (χ2v) is 3.39. The van der Waals surface area contributed by atoms with Crippen LogP contribution in [0.4, 0.5) is 0 Å². The van der Waals surface area contributed by atoms with Crippen LogP contribution >= 0.6 is 0 Å². The van der Waals surface area contributed by atoms with E-state index in [2.05, 4.69) is 11.2 Å². The average Bonchev–Trinajstić information content (AvgIpc) is 2.67. The number of ether oxygens (including phenoxy) is 1. The van der Waals surface area contributed by atoms with E-state index >= 15 is 0 Å². The van der Waals surface area contributed by atoms with Gasteiger partial charge in [0.15, 0.2) is 0 Å². The highest BCUT2D eigenvalue weighted by atomic mass is 16.5. The summed E-state index contributed by atoms with van der Waals surface area (Å²) < 4.78 is 5.35. The molecular weight excluding hydrogens is 180 g/mol. The number of rotatable bonds is 4. The Kier molecular flexibility index (Phi) is 4.44. The minimum Gasteiger partial charge on any atom is -0.376 e. The Morgan fingerprint density at radius 1 is 1.79 bits per heavy atom. The number of hydrogen-bond donors (Lipinski definition) is 2. The highest BCUT2D eigenvalue weighted by molar-refractivity contribution is 5.81. The molecule has 1 aliphatic heterocycles. The van der Waals surface area contributed by atoms with Crippen LogP contribution in [0.15, 0.2) is 0 Å². The van der Waals surface area contributed by atoms with Gasteiger partial charge in [0.1, 0.15) is 0 Å². The third-order valence-corrected chi connectivity index (χ3v) is 2.20. The number of hydrogen-bond acceptors (Lipinski definition) is 3. The first-order chi connectivity index (χ1) is 6.74. The molecule has 78 valence electrons. The molecule has 4 nitrogen and oxygen atoms in total. The van der Waals surface area contributed by atoms with Crippen LogP contribution in [0.25, 0.3) is 0 Å². The summed E-state index contributed by atoms with van der Waals surface area (Å²) in [7, 11) is 0. The molecule has 0 aliphatic carbocycles. The zero-order chi connectivity index (χ0) is 10.4. The van der Waals surface area contributed by atoms with Crippen molar-refractivity contribution in [3.8, 4) is 12.3 Å². The molecule has 1 rings (SSSR count). The van der Waals surface area contributed by atoms with Crippen LogP contribution in [0.1, 0.15) is 19.3 Å². The molecule has 0 bridgehead atoms. The summed E-state index contributed by atoms with van der Waals surface area (Å²) in [5.74, 6) is 2.16. The van der Waals surface area contributed by atoms with Gasteiger partial charge in [-0.25, -0.2) is 0 Å². The third kappa shape index (κ3) is 3.36. The van der Waals surface area contributed by atoms with Crippen LogP contribution in [0, 0.1) is 12.3 Å². The molecule has 0 aromatic rings. The molecule has 3 N–H and O–H groups in total. The van der Waals surface area contributed by atoms with Crippen LogP contribution < -0.4 is 11.1 Å². The van der Waals surface area contributed by atoms with Crippen molar-refractivity contribution in [3.63, 3.8) is 0 Å². The van der Waals surface area contributed by atoms with Gasteiger partial charge in [0.2, 0.25) is 5.91 Å². The predicted molar refractivity (Wildman–Crippen MR) is 53.4 cm³/mol. The zero-order valence-corrected chi connectivity index (χ0v) is 8.16. The number of terminal acetylenes is 1. The fourth-order valence-electron chi connectivity index (χ4n) is 1.37. The minimum atomic E-state index is -0.596. The van der Waals surface area contributed by atoms with Crippen molar-refractivity contribution in [2.24, 2.45) is 5.73 Å².